The third-order valence-corrected chi connectivity index (χ3v) is 21.5. The third kappa shape index (κ3) is 12.1. The van der Waals surface area contributed by atoms with Gasteiger partial charge in [-0.2, -0.15) is 0 Å². The summed E-state index contributed by atoms with van der Waals surface area (Å²) in [6.45, 7) is 9.56. The second-order valence-corrected chi connectivity index (χ2v) is 26.6. The molecule has 10 rings (SSSR count). The van der Waals surface area contributed by atoms with Crippen molar-refractivity contribution >= 4 is 5.78 Å². The summed E-state index contributed by atoms with van der Waals surface area (Å²) < 4.78 is 73.2. The maximum Gasteiger partial charge on any atom is 0.187 e. The first-order chi connectivity index (χ1) is 39.8. The molecule has 0 aromatic carbocycles. The van der Waals surface area contributed by atoms with Crippen molar-refractivity contribution in [3.8, 4) is 0 Å². The van der Waals surface area contributed by atoms with E-state index in [1.54, 1.807) is 0 Å². The van der Waals surface area contributed by atoms with E-state index in [4.69, 9.17) is 56.8 Å². The van der Waals surface area contributed by atoms with Gasteiger partial charge in [-0.3, -0.25) is 4.79 Å². The number of fused-ring (bicyclic) bond motifs is 5. The molecule has 0 aromatic rings. The number of rotatable bonds is 16. The van der Waals surface area contributed by atoms with Crippen LogP contribution in [-0.4, -0.2) is 276 Å². The van der Waals surface area contributed by atoms with E-state index in [2.05, 4.69) is 27.7 Å². The first-order valence-corrected chi connectivity index (χ1v) is 30.5. The molecule has 0 spiro atoms. The van der Waals surface area contributed by atoms with Gasteiger partial charge in [0.15, 0.2) is 37.2 Å². The molecule has 84 heavy (non-hydrogen) atoms. The number of hydrogen-bond donors (Lipinski definition) is 14. The van der Waals surface area contributed by atoms with Crippen LogP contribution in [0.3, 0.4) is 0 Å². The van der Waals surface area contributed by atoms with Gasteiger partial charge in [0.25, 0.3) is 0 Å². The van der Waals surface area contributed by atoms with Crippen molar-refractivity contribution in [2.75, 3.05) is 33.0 Å². The molecule has 484 valence electrons. The zero-order valence-corrected chi connectivity index (χ0v) is 48.7. The molecule has 27 nitrogen and oxygen atoms in total. The van der Waals surface area contributed by atoms with Gasteiger partial charge in [0.05, 0.1) is 51.3 Å². The Morgan fingerprint density at radius 2 is 1.13 bits per heavy atom. The van der Waals surface area contributed by atoms with E-state index >= 15 is 0 Å². The van der Waals surface area contributed by atoms with Gasteiger partial charge in [-0.05, 0) is 106 Å². The number of ketones is 1. The number of aliphatic hydroxyl groups excluding tert-OH is 14. The lowest BCUT2D eigenvalue weighted by Crippen LogP contribution is -2.69. The summed E-state index contributed by atoms with van der Waals surface area (Å²) in [5.74, 6) is 0.949. The Bertz CT molecular complexity index is 2180. The van der Waals surface area contributed by atoms with E-state index in [1.807, 2.05) is 6.92 Å². The van der Waals surface area contributed by atoms with Gasteiger partial charge in [-0.1, -0.05) is 27.7 Å². The number of carbonyl (C=O) groups is 1. The van der Waals surface area contributed by atoms with E-state index in [9.17, 15) is 76.3 Å². The van der Waals surface area contributed by atoms with E-state index in [1.165, 1.54) is 6.92 Å². The Morgan fingerprint density at radius 1 is 0.536 bits per heavy atom. The SMILES string of the molecule is CC[C@H]1[C@@H](O[C@@]2(C)CC[C@@H](C)CO2)C[C@H]2[C@@H]3CC[C@H]4C[C@@H](O[C@@H]5OC(CO)[C@H](O[C@@H]6OC(CO)[C@@H](O)[C@H](O[C@@H]7OC[C@@H](O)[C@H](O)C7O)C6O[C@@H]6OC(CO)[C@@H](O)[C@H](O[C@@H]7OC(C)[C@H](O)C(O)[C@@H]7O)C6O)[C@H](O)C5O)CC[C@]4(C)[C@H]3CC(=O)[C@@]21C. The first-order valence-electron chi connectivity index (χ1n) is 30.5. The minimum atomic E-state index is -2.13. The zero-order chi connectivity index (χ0) is 60.6. The summed E-state index contributed by atoms with van der Waals surface area (Å²) >= 11 is 0. The monoisotopic (exact) mass is 1210 g/mol. The normalized spacial score (nSPS) is 55.5. The predicted octanol–water partition coefficient (Wildman–Crippen LogP) is -3.46. The molecule has 6 saturated heterocycles. The number of Topliss-reactive ketones (excluding diaryl/α,β-unsaturated/α-hetero) is 1. The van der Waals surface area contributed by atoms with Gasteiger partial charge < -0.3 is 128 Å². The Balaban J connectivity index is 0.843. The van der Waals surface area contributed by atoms with Crippen LogP contribution < -0.4 is 0 Å². The van der Waals surface area contributed by atoms with Crippen LogP contribution >= 0.6 is 0 Å². The van der Waals surface area contributed by atoms with Crippen molar-refractivity contribution in [1.82, 2.24) is 0 Å². The van der Waals surface area contributed by atoms with E-state index in [0.717, 1.165) is 44.9 Å². The van der Waals surface area contributed by atoms with Crippen molar-refractivity contribution in [2.45, 2.75) is 271 Å². The Morgan fingerprint density at radius 3 is 1.80 bits per heavy atom. The standard InChI is InChI=1S/C57H94O27/c1-7-27-31(84-56(5)13-10-22(2)20-74-56)15-29-26-9-8-24-14-25(11-12-55(24,4)28(26)16-35(62)57(27,29)6)76-52-44(71)41(68)46(34(19-60)79-52)80-54-49(48(39(66)33(18-59)78-54)82-50-42(69)37(64)30(61)21-73-50)83-53-45(72)47(38(65)32(17-58)77-53)81-51-43(70)40(67)36(63)23(3)75-51/h22-34,36-54,58-61,63-72H,7-21H2,1-6H3/t22-,23?,24+,25+,26-,27+,28+,29+,30-,31+,32?,33?,34?,36+,37+,38-,39-,40?,41-,42?,43+,44?,45?,46+,47+,48+,49?,50+,51+,52-,53+,54+,55+,56+,57-/m1/s1. The molecular weight excluding hydrogens is 1120 g/mol. The number of carbonyl (C=O) groups excluding carboxylic acids is 1. The highest BCUT2D eigenvalue weighted by molar-refractivity contribution is 5.87. The van der Waals surface area contributed by atoms with E-state index < -0.39 is 191 Å². The highest BCUT2D eigenvalue weighted by atomic mass is 16.8. The Kier molecular flexibility index (Phi) is 20.4. The summed E-state index contributed by atoms with van der Waals surface area (Å²) in [5, 5.41) is 154. The van der Waals surface area contributed by atoms with Crippen molar-refractivity contribution in [2.24, 2.45) is 46.3 Å². The molecule has 9 unspecified atom stereocenters. The highest BCUT2D eigenvalue weighted by Gasteiger charge is 2.67. The molecule has 4 saturated carbocycles. The third-order valence-electron chi connectivity index (χ3n) is 21.5. The zero-order valence-electron chi connectivity index (χ0n) is 48.7. The fourth-order valence-corrected chi connectivity index (χ4v) is 16.3. The van der Waals surface area contributed by atoms with Crippen LogP contribution in [0.4, 0.5) is 0 Å². The smallest absolute Gasteiger partial charge is 0.187 e. The fourth-order valence-electron chi connectivity index (χ4n) is 16.3. The van der Waals surface area contributed by atoms with Crippen LogP contribution in [0.1, 0.15) is 106 Å². The summed E-state index contributed by atoms with van der Waals surface area (Å²) in [5.41, 5.74) is -0.700. The fraction of sp³-hybridized carbons (Fsp3) is 0.982. The second-order valence-electron chi connectivity index (χ2n) is 26.6. The summed E-state index contributed by atoms with van der Waals surface area (Å²) in [6.07, 6.45) is -36.0. The molecule has 0 bridgehead atoms. The van der Waals surface area contributed by atoms with Crippen LogP contribution in [-0.2, 0) is 61.6 Å². The average Bonchev–Trinajstić information content (AvgIpc) is 1.46. The molecule has 6 heterocycles. The molecule has 0 radical (unpaired) electrons. The van der Waals surface area contributed by atoms with Crippen molar-refractivity contribution in [3.05, 3.63) is 0 Å². The van der Waals surface area contributed by atoms with Crippen LogP contribution in [0, 0.1) is 46.3 Å². The van der Waals surface area contributed by atoms with Gasteiger partial charge >= 0.3 is 0 Å². The summed E-state index contributed by atoms with van der Waals surface area (Å²) in [7, 11) is 0. The lowest BCUT2D eigenvalue weighted by Gasteiger charge is -2.60. The molecule has 6 aliphatic heterocycles. The van der Waals surface area contributed by atoms with Crippen molar-refractivity contribution < 1.29 is 133 Å². The van der Waals surface area contributed by atoms with Gasteiger partial charge in [0.2, 0.25) is 0 Å². The minimum Gasteiger partial charge on any atom is -0.394 e. The summed E-state index contributed by atoms with van der Waals surface area (Å²) in [6, 6.07) is 0. The van der Waals surface area contributed by atoms with Crippen molar-refractivity contribution in [1.29, 1.82) is 0 Å². The summed E-state index contributed by atoms with van der Waals surface area (Å²) in [4.78, 5) is 14.7. The first kappa shape index (κ1) is 65.6. The van der Waals surface area contributed by atoms with Gasteiger partial charge in [-0.15, -0.1) is 0 Å². The predicted molar refractivity (Wildman–Crippen MR) is 281 cm³/mol. The lowest BCUT2D eigenvalue weighted by molar-refractivity contribution is -0.409. The molecule has 0 amide bonds. The molecule has 10 aliphatic rings. The largest absolute Gasteiger partial charge is 0.394 e. The van der Waals surface area contributed by atoms with Gasteiger partial charge in [0.1, 0.15) is 116 Å². The number of aliphatic hydroxyl groups is 14. The van der Waals surface area contributed by atoms with Crippen LogP contribution in [0.2, 0.25) is 0 Å². The lowest BCUT2D eigenvalue weighted by atomic mass is 9.44. The molecule has 4 aliphatic carbocycles. The molecule has 14 N–H and O–H groups in total. The molecule has 35 atom stereocenters. The van der Waals surface area contributed by atoms with E-state index in [-0.39, 0.29) is 35.2 Å². The molecule has 27 heteroatoms. The average molecular weight is 1210 g/mol. The van der Waals surface area contributed by atoms with E-state index in [0.29, 0.717) is 43.5 Å². The van der Waals surface area contributed by atoms with Crippen LogP contribution in [0.5, 0.6) is 0 Å². The van der Waals surface area contributed by atoms with Crippen molar-refractivity contribution in [3.63, 3.8) is 0 Å². The molecular formula is C57H94O27. The van der Waals surface area contributed by atoms with Gasteiger partial charge in [-0.25, -0.2) is 0 Å². The maximum atomic E-state index is 14.7. The van der Waals surface area contributed by atoms with Crippen LogP contribution in [0.25, 0.3) is 0 Å². The molecule has 0 aromatic heterocycles. The minimum absolute atomic E-state index is 0.0787. The number of ether oxygens (including phenoxy) is 12. The quantitative estimate of drug-likeness (QED) is 0.0668. The second kappa shape index (κ2) is 26.1. The highest BCUT2D eigenvalue weighted by Crippen LogP contribution is 2.67. The number of hydrogen-bond acceptors (Lipinski definition) is 27. The topological polar surface area (TPSA) is 411 Å². The van der Waals surface area contributed by atoms with Crippen LogP contribution in [0.15, 0.2) is 0 Å². The maximum absolute atomic E-state index is 14.7. The Labute approximate surface area is 488 Å². The van der Waals surface area contributed by atoms with Gasteiger partial charge in [0, 0.05) is 18.3 Å². The Hall–Kier alpha value is -1.37. The molecule has 10 fully saturated rings.